The quantitative estimate of drug-likeness (QED) is 0.883. The highest BCUT2D eigenvalue weighted by molar-refractivity contribution is 6.34. The molecule has 0 saturated heterocycles. The molecule has 2 aromatic rings. The molecule has 2 rings (SSSR count). The molecule has 0 atom stereocenters. The predicted molar refractivity (Wildman–Crippen MR) is 94.3 cm³/mol. The largest absolute Gasteiger partial charge is 0.350 e. The molecule has 0 aliphatic rings. The number of carbonyl (C=O) groups is 1. The van der Waals surface area contributed by atoms with Crippen molar-refractivity contribution in [3.63, 3.8) is 0 Å². The maximum atomic E-state index is 12.4. The van der Waals surface area contributed by atoms with Gasteiger partial charge in [0.15, 0.2) is 0 Å². The Kier molecular flexibility index (Phi) is 4.90. The van der Waals surface area contributed by atoms with Gasteiger partial charge in [0.1, 0.15) is 5.69 Å². The summed E-state index contributed by atoms with van der Waals surface area (Å²) in [6.45, 7) is 9.86. The van der Waals surface area contributed by atoms with Crippen molar-refractivity contribution >= 4 is 29.1 Å². The van der Waals surface area contributed by atoms with E-state index in [1.807, 2.05) is 46.8 Å². The third-order valence-corrected chi connectivity index (χ3v) is 3.34. The molecule has 23 heavy (non-hydrogen) atoms. The molecule has 1 aromatic heterocycles. The Labute approximate surface area is 141 Å². The van der Waals surface area contributed by atoms with E-state index in [-0.39, 0.29) is 17.1 Å². The Morgan fingerprint density at radius 1 is 1.22 bits per heavy atom. The molecule has 0 bridgehead atoms. The molecule has 2 N–H and O–H groups in total. The monoisotopic (exact) mass is 332 g/mol. The predicted octanol–water partition coefficient (Wildman–Crippen LogP) is 4.21. The number of hydrogen-bond donors (Lipinski definition) is 2. The van der Waals surface area contributed by atoms with Crippen LogP contribution in [0.5, 0.6) is 0 Å². The van der Waals surface area contributed by atoms with E-state index in [9.17, 15) is 4.79 Å². The summed E-state index contributed by atoms with van der Waals surface area (Å²) >= 11 is 6.22. The van der Waals surface area contributed by atoms with Crippen molar-refractivity contribution in [2.24, 2.45) is 0 Å². The number of benzene rings is 1. The average molecular weight is 333 g/mol. The van der Waals surface area contributed by atoms with Crippen LogP contribution in [0.25, 0.3) is 0 Å². The number of nitrogens with one attached hydrogen (secondary N) is 2. The van der Waals surface area contributed by atoms with Crippen LogP contribution >= 0.6 is 11.6 Å². The summed E-state index contributed by atoms with van der Waals surface area (Å²) in [5.41, 5.74) is 2.65. The third-order valence-electron chi connectivity index (χ3n) is 3.05. The SMILES string of the molecule is Cc1cc(C)c(NC(=O)c2ccnc(NC(C)(C)C)n2)c(Cl)c1. The standard InChI is InChI=1S/C17H21ClN4O/c1-10-8-11(2)14(12(18)9-10)21-15(23)13-6-7-19-16(20-13)22-17(3,4)5/h6-9H,1-5H3,(H,21,23)(H,19,20,22). The zero-order valence-electron chi connectivity index (χ0n) is 14.0. The van der Waals surface area contributed by atoms with Crippen molar-refractivity contribution in [3.8, 4) is 0 Å². The molecule has 1 aromatic carbocycles. The summed E-state index contributed by atoms with van der Waals surface area (Å²) < 4.78 is 0. The van der Waals surface area contributed by atoms with Gasteiger partial charge in [0, 0.05) is 11.7 Å². The Hall–Kier alpha value is -2.14. The average Bonchev–Trinajstić information content (AvgIpc) is 2.41. The van der Waals surface area contributed by atoms with Crippen molar-refractivity contribution in [2.75, 3.05) is 10.6 Å². The lowest BCUT2D eigenvalue weighted by atomic mass is 10.1. The molecular weight excluding hydrogens is 312 g/mol. The lowest BCUT2D eigenvalue weighted by Crippen LogP contribution is -2.28. The van der Waals surface area contributed by atoms with Crippen LogP contribution in [-0.2, 0) is 0 Å². The van der Waals surface area contributed by atoms with E-state index in [2.05, 4.69) is 20.6 Å². The Morgan fingerprint density at radius 3 is 2.52 bits per heavy atom. The molecule has 1 heterocycles. The van der Waals surface area contributed by atoms with Crippen LogP contribution in [0, 0.1) is 13.8 Å². The summed E-state index contributed by atoms with van der Waals surface area (Å²) in [6.07, 6.45) is 1.56. The van der Waals surface area contributed by atoms with Gasteiger partial charge >= 0.3 is 0 Å². The minimum Gasteiger partial charge on any atom is -0.350 e. The van der Waals surface area contributed by atoms with E-state index < -0.39 is 0 Å². The molecule has 0 unspecified atom stereocenters. The van der Waals surface area contributed by atoms with E-state index in [1.54, 1.807) is 12.3 Å². The van der Waals surface area contributed by atoms with Gasteiger partial charge in [0.2, 0.25) is 5.95 Å². The highest BCUT2D eigenvalue weighted by atomic mass is 35.5. The zero-order chi connectivity index (χ0) is 17.2. The van der Waals surface area contributed by atoms with Gasteiger partial charge in [0.25, 0.3) is 5.91 Å². The summed E-state index contributed by atoms with van der Waals surface area (Å²) in [5.74, 6) is 0.0927. The first kappa shape index (κ1) is 17.2. The first-order valence-electron chi connectivity index (χ1n) is 7.35. The van der Waals surface area contributed by atoms with Crippen LogP contribution in [-0.4, -0.2) is 21.4 Å². The van der Waals surface area contributed by atoms with Crippen molar-refractivity contribution in [1.82, 2.24) is 9.97 Å². The zero-order valence-corrected chi connectivity index (χ0v) is 14.7. The minimum absolute atomic E-state index is 0.189. The van der Waals surface area contributed by atoms with Gasteiger partial charge in [-0.1, -0.05) is 17.7 Å². The van der Waals surface area contributed by atoms with Crippen LogP contribution in [0.3, 0.4) is 0 Å². The summed E-state index contributed by atoms with van der Waals surface area (Å²) in [7, 11) is 0. The fourth-order valence-corrected chi connectivity index (χ4v) is 2.50. The van der Waals surface area contributed by atoms with E-state index in [0.29, 0.717) is 16.7 Å². The van der Waals surface area contributed by atoms with Gasteiger partial charge in [0.05, 0.1) is 10.7 Å². The molecule has 122 valence electrons. The van der Waals surface area contributed by atoms with Gasteiger partial charge in [-0.2, -0.15) is 0 Å². The lowest BCUT2D eigenvalue weighted by Gasteiger charge is -2.20. The Balaban J connectivity index is 2.23. The number of hydrogen-bond acceptors (Lipinski definition) is 4. The molecule has 1 amide bonds. The molecule has 6 heteroatoms. The van der Waals surface area contributed by atoms with Gasteiger partial charge in [-0.25, -0.2) is 9.97 Å². The van der Waals surface area contributed by atoms with Crippen LogP contribution in [0.1, 0.15) is 42.4 Å². The van der Waals surface area contributed by atoms with Gasteiger partial charge in [-0.3, -0.25) is 4.79 Å². The summed E-state index contributed by atoms with van der Waals surface area (Å²) in [5, 5.41) is 6.48. The van der Waals surface area contributed by atoms with Gasteiger partial charge in [-0.15, -0.1) is 0 Å². The highest BCUT2D eigenvalue weighted by Gasteiger charge is 2.15. The van der Waals surface area contributed by atoms with Crippen LogP contribution < -0.4 is 10.6 Å². The van der Waals surface area contributed by atoms with E-state index in [4.69, 9.17) is 11.6 Å². The number of rotatable bonds is 3. The molecule has 0 spiro atoms. The molecular formula is C17H21ClN4O. The van der Waals surface area contributed by atoms with Crippen LogP contribution in [0.2, 0.25) is 5.02 Å². The third kappa shape index (κ3) is 4.66. The molecule has 0 saturated carbocycles. The van der Waals surface area contributed by atoms with E-state index in [0.717, 1.165) is 11.1 Å². The van der Waals surface area contributed by atoms with E-state index in [1.165, 1.54) is 0 Å². The summed E-state index contributed by atoms with van der Waals surface area (Å²) in [4.78, 5) is 20.8. The Bertz CT molecular complexity index is 715. The van der Waals surface area contributed by atoms with Crippen molar-refractivity contribution in [1.29, 1.82) is 0 Å². The van der Waals surface area contributed by atoms with Crippen molar-refractivity contribution in [3.05, 3.63) is 46.2 Å². The molecule has 5 nitrogen and oxygen atoms in total. The van der Waals surface area contributed by atoms with Crippen LogP contribution in [0.4, 0.5) is 11.6 Å². The number of halogens is 1. The second-order valence-corrected chi connectivity index (χ2v) is 6.94. The van der Waals surface area contributed by atoms with E-state index >= 15 is 0 Å². The highest BCUT2D eigenvalue weighted by Crippen LogP contribution is 2.27. The second-order valence-electron chi connectivity index (χ2n) is 6.53. The normalized spacial score (nSPS) is 11.2. The molecule has 0 fully saturated rings. The number of aryl methyl sites for hydroxylation is 2. The number of nitrogens with zero attached hydrogens (tertiary/aromatic N) is 2. The first-order valence-corrected chi connectivity index (χ1v) is 7.73. The maximum Gasteiger partial charge on any atom is 0.274 e. The first-order chi connectivity index (χ1) is 10.7. The van der Waals surface area contributed by atoms with Gasteiger partial charge in [-0.05, 0) is 57.9 Å². The topological polar surface area (TPSA) is 66.9 Å². The minimum atomic E-state index is -0.321. The second kappa shape index (κ2) is 6.54. The Morgan fingerprint density at radius 2 is 1.91 bits per heavy atom. The maximum absolute atomic E-state index is 12.4. The number of aromatic nitrogens is 2. The van der Waals surface area contributed by atoms with Crippen molar-refractivity contribution in [2.45, 2.75) is 40.2 Å². The lowest BCUT2D eigenvalue weighted by molar-refractivity contribution is 0.102. The fraction of sp³-hybridized carbons (Fsp3) is 0.353. The number of amides is 1. The fourth-order valence-electron chi connectivity index (χ4n) is 2.13. The molecule has 0 radical (unpaired) electrons. The number of carbonyl (C=O) groups excluding carboxylic acids is 1. The van der Waals surface area contributed by atoms with Gasteiger partial charge < -0.3 is 10.6 Å². The van der Waals surface area contributed by atoms with Crippen molar-refractivity contribution < 1.29 is 4.79 Å². The number of anilines is 2. The summed E-state index contributed by atoms with van der Waals surface area (Å²) in [6, 6.07) is 5.35. The smallest absolute Gasteiger partial charge is 0.274 e. The van der Waals surface area contributed by atoms with Crippen LogP contribution in [0.15, 0.2) is 24.4 Å². The molecule has 0 aliphatic heterocycles. The molecule has 0 aliphatic carbocycles.